The van der Waals surface area contributed by atoms with E-state index < -0.39 is 0 Å². The minimum Gasteiger partial charge on any atom is -0.399 e. The van der Waals surface area contributed by atoms with Gasteiger partial charge in [0.2, 0.25) is 5.91 Å². The molecule has 0 fully saturated rings. The van der Waals surface area contributed by atoms with Crippen LogP contribution >= 0.6 is 0 Å². The average Bonchev–Trinajstić information content (AvgIpc) is 2.48. The predicted molar refractivity (Wildman–Crippen MR) is 87.1 cm³/mol. The Morgan fingerprint density at radius 3 is 2.43 bits per heavy atom. The Bertz CT molecular complexity index is 566. The molecule has 0 aliphatic carbocycles. The number of benzene rings is 2. The van der Waals surface area contributed by atoms with Crippen molar-refractivity contribution in [3.05, 3.63) is 60.2 Å². The van der Waals surface area contributed by atoms with Gasteiger partial charge in [-0.3, -0.25) is 9.69 Å². The number of anilines is 2. The van der Waals surface area contributed by atoms with Crippen LogP contribution in [0.2, 0.25) is 0 Å². The lowest BCUT2D eigenvalue weighted by molar-refractivity contribution is -0.117. The van der Waals surface area contributed by atoms with Crippen LogP contribution in [0.3, 0.4) is 0 Å². The van der Waals surface area contributed by atoms with Gasteiger partial charge in [0.25, 0.3) is 0 Å². The van der Waals surface area contributed by atoms with Gasteiger partial charge in [0.1, 0.15) is 0 Å². The first-order chi connectivity index (χ1) is 10.1. The third-order valence-corrected chi connectivity index (χ3v) is 3.23. The molecule has 0 bridgehead atoms. The predicted octanol–water partition coefficient (Wildman–Crippen LogP) is 2.38. The number of nitrogen functional groups attached to an aromatic ring is 1. The molecule has 0 aliphatic heterocycles. The van der Waals surface area contributed by atoms with Gasteiger partial charge in [0.15, 0.2) is 0 Å². The van der Waals surface area contributed by atoms with Crippen molar-refractivity contribution in [2.45, 2.75) is 6.42 Å². The van der Waals surface area contributed by atoms with Crippen LogP contribution in [0.25, 0.3) is 0 Å². The van der Waals surface area contributed by atoms with Crippen molar-refractivity contribution in [3.63, 3.8) is 0 Å². The molecule has 2 aromatic rings. The second kappa shape index (κ2) is 7.45. The third-order valence-electron chi connectivity index (χ3n) is 3.23. The van der Waals surface area contributed by atoms with E-state index in [-0.39, 0.29) is 5.91 Å². The second-order valence-electron chi connectivity index (χ2n) is 5.14. The highest BCUT2D eigenvalue weighted by Crippen LogP contribution is 2.10. The van der Waals surface area contributed by atoms with Crippen molar-refractivity contribution in [1.29, 1.82) is 0 Å². The molecule has 0 saturated heterocycles. The summed E-state index contributed by atoms with van der Waals surface area (Å²) < 4.78 is 0. The molecule has 4 heteroatoms. The summed E-state index contributed by atoms with van der Waals surface area (Å²) in [7, 11) is 1.95. The van der Waals surface area contributed by atoms with E-state index in [2.05, 4.69) is 17.4 Å². The average molecular weight is 283 g/mol. The van der Waals surface area contributed by atoms with Crippen LogP contribution in [0.15, 0.2) is 54.6 Å². The number of hydrogen-bond acceptors (Lipinski definition) is 3. The largest absolute Gasteiger partial charge is 0.399 e. The Labute approximate surface area is 125 Å². The van der Waals surface area contributed by atoms with Crippen LogP contribution in [-0.4, -0.2) is 30.9 Å². The number of amides is 1. The van der Waals surface area contributed by atoms with Crippen molar-refractivity contribution in [2.75, 3.05) is 31.2 Å². The lowest BCUT2D eigenvalue weighted by Gasteiger charge is -2.16. The van der Waals surface area contributed by atoms with E-state index in [4.69, 9.17) is 5.73 Å². The summed E-state index contributed by atoms with van der Waals surface area (Å²) in [6, 6.07) is 17.4. The van der Waals surface area contributed by atoms with Gasteiger partial charge < -0.3 is 11.1 Å². The maximum absolute atomic E-state index is 11.9. The number of nitrogens with two attached hydrogens (primary N) is 1. The molecule has 0 aromatic heterocycles. The molecule has 4 nitrogen and oxygen atoms in total. The zero-order chi connectivity index (χ0) is 15.1. The molecule has 2 aromatic carbocycles. The second-order valence-corrected chi connectivity index (χ2v) is 5.14. The highest BCUT2D eigenvalue weighted by Gasteiger charge is 2.07. The number of likely N-dealkylation sites (N-methyl/N-ethyl adjacent to an activating group) is 1. The van der Waals surface area contributed by atoms with E-state index in [0.29, 0.717) is 12.2 Å². The Hall–Kier alpha value is -2.33. The number of rotatable bonds is 6. The van der Waals surface area contributed by atoms with Gasteiger partial charge in [-0.05, 0) is 43.3 Å². The first-order valence-corrected chi connectivity index (χ1v) is 7.01. The van der Waals surface area contributed by atoms with Crippen LogP contribution < -0.4 is 11.1 Å². The molecular formula is C17H21N3O. The summed E-state index contributed by atoms with van der Waals surface area (Å²) in [5.74, 6) is -0.0182. The molecule has 110 valence electrons. The van der Waals surface area contributed by atoms with E-state index in [1.165, 1.54) is 5.56 Å². The van der Waals surface area contributed by atoms with E-state index in [9.17, 15) is 4.79 Å². The van der Waals surface area contributed by atoms with Gasteiger partial charge in [-0.15, -0.1) is 0 Å². The number of carbonyl (C=O) groups excluding carboxylic acids is 1. The summed E-state index contributed by atoms with van der Waals surface area (Å²) in [6.45, 7) is 1.22. The third kappa shape index (κ3) is 5.28. The zero-order valence-electron chi connectivity index (χ0n) is 12.3. The molecule has 0 radical (unpaired) electrons. The molecule has 0 spiro atoms. The van der Waals surface area contributed by atoms with Gasteiger partial charge in [0, 0.05) is 17.9 Å². The fraction of sp³-hybridized carbons (Fsp3) is 0.235. The van der Waals surface area contributed by atoms with E-state index in [1.54, 1.807) is 24.3 Å². The van der Waals surface area contributed by atoms with Crippen LogP contribution in [0.1, 0.15) is 5.56 Å². The van der Waals surface area contributed by atoms with E-state index in [1.807, 2.05) is 30.1 Å². The standard InChI is InChI=1S/C17H21N3O/c1-20(12-11-14-5-3-2-4-6-14)13-17(21)19-16-9-7-15(18)8-10-16/h2-10H,11-13,18H2,1H3,(H,19,21). The number of carbonyl (C=O) groups is 1. The summed E-state index contributed by atoms with van der Waals surface area (Å²) in [6.07, 6.45) is 0.937. The van der Waals surface area contributed by atoms with Gasteiger partial charge in [-0.25, -0.2) is 0 Å². The monoisotopic (exact) mass is 283 g/mol. The number of nitrogens with one attached hydrogen (secondary N) is 1. The minimum absolute atomic E-state index is 0.0182. The molecule has 0 aliphatic rings. The summed E-state index contributed by atoms with van der Waals surface area (Å²) >= 11 is 0. The molecule has 3 N–H and O–H groups in total. The van der Waals surface area contributed by atoms with Crippen LogP contribution in [0.4, 0.5) is 11.4 Å². The summed E-state index contributed by atoms with van der Waals surface area (Å²) in [5, 5.41) is 2.86. The topological polar surface area (TPSA) is 58.4 Å². The molecule has 0 atom stereocenters. The van der Waals surface area contributed by atoms with Gasteiger partial charge >= 0.3 is 0 Å². The van der Waals surface area contributed by atoms with E-state index in [0.717, 1.165) is 18.7 Å². The zero-order valence-corrected chi connectivity index (χ0v) is 12.3. The van der Waals surface area contributed by atoms with Crippen molar-refractivity contribution < 1.29 is 4.79 Å². The van der Waals surface area contributed by atoms with Crippen molar-refractivity contribution in [2.24, 2.45) is 0 Å². The van der Waals surface area contributed by atoms with Gasteiger partial charge in [-0.1, -0.05) is 30.3 Å². The maximum atomic E-state index is 11.9. The molecule has 0 saturated carbocycles. The Morgan fingerprint density at radius 1 is 1.10 bits per heavy atom. The normalized spacial score (nSPS) is 10.6. The van der Waals surface area contributed by atoms with Gasteiger partial charge in [-0.2, -0.15) is 0 Å². The van der Waals surface area contributed by atoms with Crippen molar-refractivity contribution in [3.8, 4) is 0 Å². The van der Waals surface area contributed by atoms with Crippen molar-refractivity contribution >= 4 is 17.3 Å². The molecule has 1 amide bonds. The smallest absolute Gasteiger partial charge is 0.238 e. The van der Waals surface area contributed by atoms with Crippen LogP contribution in [-0.2, 0) is 11.2 Å². The van der Waals surface area contributed by atoms with Gasteiger partial charge in [0.05, 0.1) is 6.54 Å². The quantitative estimate of drug-likeness (QED) is 0.800. The first-order valence-electron chi connectivity index (χ1n) is 7.01. The summed E-state index contributed by atoms with van der Waals surface area (Å²) in [4.78, 5) is 13.9. The van der Waals surface area contributed by atoms with E-state index >= 15 is 0 Å². The number of nitrogens with zero attached hydrogens (tertiary/aromatic N) is 1. The van der Waals surface area contributed by atoms with Crippen molar-refractivity contribution in [1.82, 2.24) is 4.90 Å². The molecular weight excluding hydrogens is 262 g/mol. The Morgan fingerprint density at radius 2 is 1.76 bits per heavy atom. The molecule has 2 rings (SSSR count). The SMILES string of the molecule is CN(CCc1ccccc1)CC(=O)Nc1ccc(N)cc1. The fourth-order valence-corrected chi connectivity index (χ4v) is 2.06. The molecule has 21 heavy (non-hydrogen) atoms. The Kier molecular flexibility index (Phi) is 5.35. The maximum Gasteiger partial charge on any atom is 0.238 e. The minimum atomic E-state index is -0.0182. The van der Waals surface area contributed by atoms with Crippen LogP contribution in [0.5, 0.6) is 0 Å². The highest BCUT2D eigenvalue weighted by molar-refractivity contribution is 5.92. The highest BCUT2D eigenvalue weighted by atomic mass is 16.2. The number of hydrogen-bond donors (Lipinski definition) is 2. The molecule has 0 unspecified atom stereocenters. The summed E-state index contributed by atoms with van der Waals surface area (Å²) in [5.41, 5.74) is 8.35. The molecule has 0 heterocycles. The lowest BCUT2D eigenvalue weighted by atomic mass is 10.1. The first kappa shape index (κ1) is 15.1. The Balaban J connectivity index is 1.75. The fourth-order valence-electron chi connectivity index (χ4n) is 2.06. The lowest BCUT2D eigenvalue weighted by Crippen LogP contribution is -2.31. The van der Waals surface area contributed by atoms with Crippen LogP contribution in [0, 0.1) is 0 Å².